The zero-order valence-electron chi connectivity index (χ0n) is 14.6. The van der Waals surface area contributed by atoms with Gasteiger partial charge in [0.05, 0.1) is 13.2 Å². The van der Waals surface area contributed by atoms with Crippen LogP contribution >= 0.6 is 0 Å². The van der Waals surface area contributed by atoms with Gasteiger partial charge in [-0.1, -0.05) is 36.4 Å². The van der Waals surface area contributed by atoms with E-state index >= 15 is 0 Å². The van der Waals surface area contributed by atoms with Gasteiger partial charge in [0.1, 0.15) is 5.75 Å². The minimum Gasteiger partial charge on any atom is -0.494 e. The fraction of sp³-hybridized carbons (Fsp3) is 0.263. The lowest BCUT2D eigenvalue weighted by molar-refractivity contribution is -0.115. The number of amides is 1. The normalized spacial score (nSPS) is 10.9. The smallest absolute Gasteiger partial charge is 0.243 e. The van der Waals surface area contributed by atoms with Crippen molar-refractivity contribution in [2.45, 2.75) is 13.5 Å². The number of carbonyl (C=O) groups excluding carboxylic acids is 1. The largest absolute Gasteiger partial charge is 0.494 e. The van der Waals surface area contributed by atoms with Gasteiger partial charge in [-0.25, -0.2) is 0 Å². The molecule has 0 aliphatic heterocycles. The van der Waals surface area contributed by atoms with Gasteiger partial charge in [0.2, 0.25) is 5.91 Å². The van der Waals surface area contributed by atoms with Crippen molar-refractivity contribution in [2.24, 2.45) is 4.99 Å². The third-order valence-corrected chi connectivity index (χ3v) is 3.42. The standard InChI is InChI=1S/C19H24N4O2/c1-3-25-17-12-8-7-9-15(17)13-21-19(20-2)22-14-18(24)23-16-10-5-4-6-11-16/h4-12H,3,13-14H2,1-2H3,(H,23,24)(H2,20,21,22). The SMILES string of the molecule is CCOc1ccccc1CNC(=NC)NCC(=O)Nc1ccccc1. The van der Waals surface area contributed by atoms with Crippen LogP contribution in [0.3, 0.4) is 0 Å². The van der Waals surface area contributed by atoms with Crippen LogP contribution in [0.5, 0.6) is 5.75 Å². The second-order valence-corrected chi connectivity index (χ2v) is 5.23. The molecule has 0 saturated carbocycles. The third kappa shape index (κ3) is 6.18. The highest BCUT2D eigenvalue weighted by molar-refractivity contribution is 5.94. The van der Waals surface area contributed by atoms with E-state index in [1.165, 1.54) is 0 Å². The van der Waals surface area contributed by atoms with E-state index in [1.54, 1.807) is 7.05 Å². The molecule has 25 heavy (non-hydrogen) atoms. The zero-order chi connectivity index (χ0) is 17.9. The predicted octanol–water partition coefficient (Wildman–Crippen LogP) is 2.39. The Morgan fingerprint density at radius 1 is 1.04 bits per heavy atom. The van der Waals surface area contributed by atoms with Crippen LogP contribution < -0.4 is 20.7 Å². The number of benzene rings is 2. The Kier molecular flexibility index (Phi) is 7.31. The van der Waals surface area contributed by atoms with E-state index in [4.69, 9.17) is 4.74 Å². The molecule has 6 heteroatoms. The van der Waals surface area contributed by atoms with Gasteiger partial charge in [0.15, 0.2) is 5.96 Å². The van der Waals surface area contributed by atoms with Crippen molar-refractivity contribution in [3.05, 3.63) is 60.2 Å². The molecule has 0 atom stereocenters. The Bertz CT molecular complexity index is 702. The molecule has 2 rings (SSSR count). The average Bonchev–Trinajstić information content (AvgIpc) is 2.64. The van der Waals surface area contributed by atoms with E-state index in [1.807, 2.05) is 61.5 Å². The summed E-state index contributed by atoms with van der Waals surface area (Å²) in [6.45, 7) is 3.25. The lowest BCUT2D eigenvalue weighted by atomic mass is 10.2. The number of anilines is 1. The van der Waals surface area contributed by atoms with Gasteiger partial charge < -0.3 is 20.7 Å². The quantitative estimate of drug-likeness (QED) is 0.534. The molecule has 0 bridgehead atoms. The second-order valence-electron chi connectivity index (χ2n) is 5.23. The van der Waals surface area contributed by atoms with Crippen LogP contribution in [0, 0.1) is 0 Å². The number of nitrogens with one attached hydrogen (secondary N) is 3. The van der Waals surface area contributed by atoms with Gasteiger partial charge in [-0.05, 0) is 25.1 Å². The van der Waals surface area contributed by atoms with Crippen LogP contribution in [0.2, 0.25) is 0 Å². The van der Waals surface area contributed by atoms with Gasteiger partial charge >= 0.3 is 0 Å². The summed E-state index contributed by atoms with van der Waals surface area (Å²) in [5.74, 6) is 1.26. The van der Waals surface area contributed by atoms with Crippen LogP contribution in [-0.2, 0) is 11.3 Å². The highest BCUT2D eigenvalue weighted by atomic mass is 16.5. The summed E-state index contributed by atoms with van der Waals surface area (Å²) in [7, 11) is 1.67. The lowest BCUT2D eigenvalue weighted by Crippen LogP contribution is -2.41. The highest BCUT2D eigenvalue weighted by Gasteiger charge is 2.06. The molecule has 6 nitrogen and oxygen atoms in total. The van der Waals surface area contributed by atoms with E-state index in [2.05, 4.69) is 20.9 Å². The summed E-state index contributed by atoms with van der Waals surface area (Å²) in [5, 5.41) is 9.00. The molecular formula is C19H24N4O2. The number of hydrogen-bond acceptors (Lipinski definition) is 3. The van der Waals surface area contributed by atoms with Crippen LogP contribution in [0.4, 0.5) is 5.69 Å². The first-order chi connectivity index (χ1) is 12.2. The number of guanidine groups is 1. The summed E-state index contributed by atoms with van der Waals surface area (Å²) in [4.78, 5) is 16.1. The van der Waals surface area contributed by atoms with Crippen molar-refractivity contribution in [1.29, 1.82) is 0 Å². The summed E-state index contributed by atoms with van der Waals surface area (Å²) >= 11 is 0. The average molecular weight is 340 g/mol. The topological polar surface area (TPSA) is 74.8 Å². The van der Waals surface area contributed by atoms with E-state index in [-0.39, 0.29) is 12.5 Å². The molecule has 2 aromatic rings. The molecule has 2 aromatic carbocycles. The van der Waals surface area contributed by atoms with E-state index in [9.17, 15) is 4.79 Å². The molecule has 0 saturated heterocycles. The highest BCUT2D eigenvalue weighted by Crippen LogP contribution is 2.17. The van der Waals surface area contributed by atoms with Gasteiger partial charge in [-0.2, -0.15) is 0 Å². The first-order valence-electron chi connectivity index (χ1n) is 8.23. The molecule has 0 spiro atoms. The third-order valence-electron chi connectivity index (χ3n) is 3.42. The van der Waals surface area contributed by atoms with Gasteiger partial charge in [-0.15, -0.1) is 0 Å². The number of hydrogen-bond donors (Lipinski definition) is 3. The number of ether oxygens (including phenoxy) is 1. The molecule has 0 aromatic heterocycles. The Balaban J connectivity index is 1.82. The van der Waals surface area contributed by atoms with Crippen molar-refractivity contribution >= 4 is 17.6 Å². The van der Waals surface area contributed by atoms with Crippen molar-refractivity contribution in [1.82, 2.24) is 10.6 Å². The van der Waals surface area contributed by atoms with Gasteiger partial charge in [-0.3, -0.25) is 9.79 Å². The van der Waals surface area contributed by atoms with E-state index in [0.29, 0.717) is 19.1 Å². The summed E-state index contributed by atoms with van der Waals surface area (Å²) in [5.41, 5.74) is 1.80. The molecule has 3 N–H and O–H groups in total. The molecular weight excluding hydrogens is 316 g/mol. The lowest BCUT2D eigenvalue weighted by Gasteiger charge is -2.14. The molecule has 0 heterocycles. The number of carbonyl (C=O) groups is 1. The van der Waals surface area contributed by atoms with E-state index < -0.39 is 0 Å². The minimum atomic E-state index is -0.135. The molecule has 0 aliphatic rings. The predicted molar refractivity (Wildman–Crippen MR) is 101 cm³/mol. The van der Waals surface area contributed by atoms with Crippen molar-refractivity contribution in [3.63, 3.8) is 0 Å². The maximum absolute atomic E-state index is 12.0. The Labute approximate surface area is 148 Å². The minimum absolute atomic E-state index is 0.127. The molecule has 0 radical (unpaired) electrons. The number of aliphatic imine (C=N–C) groups is 1. The Hall–Kier alpha value is -3.02. The van der Waals surface area contributed by atoms with Crippen LogP contribution in [0.1, 0.15) is 12.5 Å². The van der Waals surface area contributed by atoms with Gasteiger partial charge in [0.25, 0.3) is 0 Å². The van der Waals surface area contributed by atoms with E-state index in [0.717, 1.165) is 17.0 Å². The van der Waals surface area contributed by atoms with Crippen molar-refractivity contribution < 1.29 is 9.53 Å². The molecule has 0 unspecified atom stereocenters. The zero-order valence-corrected chi connectivity index (χ0v) is 14.6. The number of nitrogens with zero attached hydrogens (tertiary/aromatic N) is 1. The molecule has 0 aliphatic carbocycles. The molecule has 1 amide bonds. The van der Waals surface area contributed by atoms with Crippen LogP contribution in [-0.4, -0.2) is 32.1 Å². The second kappa shape index (κ2) is 9.97. The Morgan fingerprint density at radius 3 is 2.48 bits per heavy atom. The number of para-hydroxylation sites is 2. The monoisotopic (exact) mass is 340 g/mol. The van der Waals surface area contributed by atoms with Crippen LogP contribution in [0.15, 0.2) is 59.6 Å². The summed E-state index contributed by atoms with van der Waals surface area (Å²) in [6, 6.07) is 17.2. The fourth-order valence-electron chi connectivity index (χ4n) is 2.24. The summed E-state index contributed by atoms with van der Waals surface area (Å²) < 4.78 is 5.60. The Morgan fingerprint density at radius 2 is 1.76 bits per heavy atom. The first kappa shape index (κ1) is 18.3. The van der Waals surface area contributed by atoms with Crippen molar-refractivity contribution in [2.75, 3.05) is 25.5 Å². The molecule has 132 valence electrons. The fourth-order valence-corrected chi connectivity index (χ4v) is 2.24. The van der Waals surface area contributed by atoms with Crippen LogP contribution in [0.25, 0.3) is 0 Å². The maximum Gasteiger partial charge on any atom is 0.243 e. The maximum atomic E-state index is 12.0. The van der Waals surface area contributed by atoms with Gasteiger partial charge in [0, 0.05) is 24.8 Å². The summed E-state index contributed by atoms with van der Waals surface area (Å²) in [6.07, 6.45) is 0. The first-order valence-corrected chi connectivity index (χ1v) is 8.23. The molecule has 0 fully saturated rings. The number of rotatable bonds is 7. The van der Waals surface area contributed by atoms with Crippen molar-refractivity contribution in [3.8, 4) is 5.75 Å².